The standard InChI is InChI=1S/C12H15NO6S2/c14-12(15)9(3-6-20)13-21(16,17)8-1-2-10-11(7-8)19-5-4-18-10/h1-2,7,9,13,20H,3-6H2,(H,14,15). The fraction of sp³-hybridized carbons (Fsp3) is 0.417. The Morgan fingerprint density at radius 3 is 2.62 bits per heavy atom. The lowest BCUT2D eigenvalue weighted by molar-refractivity contribution is -0.139. The summed E-state index contributed by atoms with van der Waals surface area (Å²) in [5.74, 6) is -0.207. The Hall–Kier alpha value is -1.45. The SMILES string of the molecule is O=C(O)C(CCS)NS(=O)(=O)c1ccc2c(c1)OCCO2. The van der Waals surface area contributed by atoms with Crippen LogP contribution in [0.2, 0.25) is 0 Å². The van der Waals surface area contributed by atoms with Crippen LogP contribution < -0.4 is 14.2 Å². The minimum atomic E-state index is -3.96. The van der Waals surface area contributed by atoms with E-state index in [4.69, 9.17) is 14.6 Å². The summed E-state index contributed by atoms with van der Waals surface area (Å²) in [6.45, 7) is 0.738. The average Bonchev–Trinajstić information content (AvgIpc) is 2.46. The van der Waals surface area contributed by atoms with Gasteiger partial charge in [0.2, 0.25) is 10.0 Å². The van der Waals surface area contributed by atoms with Gasteiger partial charge in [-0.05, 0) is 24.3 Å². The van der Waals surface area contributed by atoms with Gasteiger partial charge >= 0.3 is 5.97 Å². The van der Waals surface area contributed by atoms with Crippen LogP contribution >= 0.6 is 12.6 Å². The highest BCUT2D eigenvalue weighted by Gasteiger charge is 2.26. The Morgan fingerprint density at radius 1 is 1.33 bits per heavy atom. The van der Waals surface area contributed by atoms with Crippen molar-refractivity contribution in [3.05, 3.63) is 18.2 Å². The number of rotatable bonds is 6. The summed E-state index contributed by atoms with van der Waals surface area (Å²) in [5, 5.41) is 9.00. The van der Waals surface area contributed by atoms with E-state index in [1.54, 1.807) is 0 Å². The van der Waals surface area contributed by atoms with Gasteiger partial charge in [0, 0.05) is 6.07 Å². The Morgan fingerprint density at radius 2 is 2.00 bits per heavy atom. The van der Waals surface area contributed by atoms with Crippen LogP contribution in [0.25, 0.3) is 0 Å². The first-order chi connectivity index (χ1) is 9.94. The maximum atomic E-state index is 12.2. The molecule has 0 radical (unpaired) electrons. The monoisotopic (exact) mass is 333 g/mol. The van der Waals surface area contributed by atoms with Crippen LogP contribution in [0.3, 0.4) is 0 Å². The molecule has 0 aliphatic carbocycles. The van der Waals surface area contributed by atoms with Crippen molar-refractivity contribution in [2.75, 3.05) is 19.0 Å². The van der Waals surface area contributed by atoms with Crippen molar-refractivity contribution in [2.24, 2.45) is 0 Å². The summed E-state index contributed by atoms with van der Waals surface area (Å²) in [7, 11) is -3.96. The van der Waals surface area contributed by atoms with Gasteiger partial charge in [0.25, 0.3) is 0 Å². The molecule has 7 nitrogen and oxygen atoms in total. The van der Waals surface area contributed by atoms with Crippen molar-refractivity contribution in [3.8, 4) is 11.5 Å². The van der Waals surface area contributed by atoms with Crippen LogP contribution in [0.4, 0.5) is 0 Å². The molecule has 21 heavy (non-hydrogen) atoms. The van der Waals surface area contributed by atoms with Gasteiger partial charge in [0.05, 0.1) is 4.90 Å². The van der Waals surface area contributed by atoms with Gasteiger partial charge in [-0.15, -0.1) is 0 Å². The number of thiol groups is 1. The van der Waals surface area contributed by atoms with E-state index in [1.165, 1.54) is 18.2 Å². The summed E-state index contributed by atoms with van der Waals surface area (Å²) >= 11 is 3.92. The number of benzene rings is 1. The second-order valence-corrected chi connectivity index (χ2v) is 6.49. The van der Waals surface area contributed by atoms with Gasteiger partial charge < -0.3 is 14.6 Å². The van der Waals surface area contributed by atoms with Crippen LogP contribution in [-0.4, -0.2) is 44.5 Å². The molecule has 2 rings (SSSR count). The summed E-state index contributed by atoms with van der Waals surface area (Å²) in [5.41, 5.74) is 0. The zero-order valence-electron chi connectivity index (χ0n) is 11.0. The van der Waals surface area contributed by atoms with E-state index in [1.807, 2.05) is 0 Å². The number of carboxylic acids is 1. The van der Waals surface area contributed by atoms with Crippen LogP contribution in [-0.2, 0) is 14.8 Å². The van der Waals surface area contributed by atoms with E-state index in [2.05, 4.69) is 17.4 Å². The fourth-order valence-electron chi connectivity index (χ4n) is 1.81. The third kappa shape index (κ3) is 3.80. The molecule has 116 valence electrons. The van der Waals surface area contributed by atoms with E-state index >= 15 is 0 Å². The number of sulfonamides is 1. The summed E-state index contributed by atoms with van der Waals surface area (Å²) in [4.78, 5) is 11.0. The first-order valence-electron chi connectivity index (χ1n) is 6.19. The van der Waals surface area contributed by atoms with E-state index in [0.29, 0.717) is 24.7 Å². The number of nitrogens with one attached hydrogen (secondary N) is 1. The molecule has 2 N–H and O–H groups in total. The summed E-state index contributed by atoms with van der Waals surface area (Å²) < 4.78 is 37.2. The minimum Gasteiger partial charge on any atom is -0.486 e. The van der Waals surface area contributed by atoms with Crippen molar-refractivity contribution in [2.45, 2.75) is 17.4 Å². The van der Waals surface area contributed by atoms with E-state index in [0.717, 1.165) is 0 Å². The second-order valence-electron chi connectivity index (χ2n) is 4.33. The molecule has 0 saturated carbocycles. The molecule has 0 bridgehead atoms. The van der Waals surface area contributed by atoms with Crippen LogP contribution in [0.1, 0.15) is 6.42 Å². The van der Waals surface area contributed by atoms with Gasteiger partial charge in [-0.2, -0.15) is 17.4 Å². The van der Waals surface area contributed by atoms with Gasteiger partial charge in [-0.1, -0.05) is 0 Å². The lowest BCUT2D eigenvalue weighted by Gasteiger charge is -2.19. The number of aliphatic carboxylic acids is 1. The highest BCUT2D eigenvalue weighted by molar-refractivity contribution is 7.89. The first-order valence-corrected chi connectivity index (χ1v) is 8.31. The molecule has 0 aromatic heterocycles. The predicted molar refractivity (Wildman–Crippen MR) is 77.6 cm³/mol. The van der Waals surface area contributed by atoms with E-state index in [9.17, 15) is 13.2 Å². The lowest BCUT2D eigenvalue weighted by atomic mass is 10.2. The second kappa shape index (κ2) is 6.54. The first kappa shape index (κ1) is 15.9. The normalized spacial score (nSPS) is 15.5. The maximum absolute atomic E-state index is 12.2. The molecule has 1 aromatic carbocycles. The van der Waals surface area contributed by atoms with Gasteiger partial charge in [-0.25, -0.2) is 8.42 Å². The molecule has 1 aliphatic heterocycles. The third-order valence-corrected chi connectivity index (χ3v) is 4.56. The highest BCUT2D eigenvalue weighted by atomic mass is 32.2. The molecule has 1 atom stereocenters. The smallest absolute Gasteiger partial charge is 0.321 e. The molecule has 9 heteroatoms. The molecule has 0 amide bonds. The Bertz CT molecular complexity index is 631. The van der Waals surface area contributed by atoms with Gasteiger partial charge in [-0.3, -0.25) is 4.79 Å². The van der Waals surface area contributed by atoms with Crippen molar-refractivity contribution in [3.63, 3.8) is 0 Å². The Balaban J connectivity index is 2.24. The molecule has 1 heterocycles. The van der Waals surface area contributed by atoms with Crippen molar-refractivity contribution >= 4 is 28.6 Å². The molecule has 1 unspecified atom stereocenters. The molecular formula is C12H15NO6S2. The zero-order chi connectivity index (χ0) is 15.5. The molecule has 1 aromatic rings. The number of ether oxygens (including phenoxy) is 2. The van der Waals surface area contributed by atoms with Crippen molar-refractivity contribution in [1.82, 2.24) is 4.72 Å². The predicted octanol–water partition coefficient (Wildman–Crippen LogP) is 0.509. The Kier molecular flexibility index (Phi) is 4.96. The zero-order valence-corrected chi connectivity index (χ0v) is 12.7. The van der Waals surface area contributed by atoms with E-state index < -0.39 is 22.0 Å². The summed E-state index contributed by atoms with van der Waals surface area (Å²) in [6.07, 6.45) is 0.0855. The molecule has 0 saturated heterocycles. The molecular weight excluding hydrogens is 318 g/mol. The van der Waals surface area contributed by atoms with E-state index in [-0.39, 0.29) is 17.1 Å². The largest absolute Gasteiger partial charge is 0.486 e. The van der Waals surface area contributed by atoms with Crippen molar-refractivity contribution in [1.29, 1.82) is 0 Å². The van der Waals surface area contributed by atoms with Crippen LogP contribution in [0.15, 0.2) is 23.1 Å². The van der Waals surface area contributed by atoms with Crippen LogP contribution in [0, 0.1) is 0 Å². The third-order valence-electron chi connectivity index (χ3n) is 2.84. The van der Waals surface area contributed by atoms with Gasteiger partial charge in [0.15, 0.2) is 11.5 Å². The molecule has 0 fully saturated rings. The van der Waals surface area contributed by atoms with Crippen molar-refractivity contribution < 1.29 is 27.8 Å². The minimum absolute atomic E-state index is 0.0721. The average molecular weight is 333 g/mol. The maximum Gasteiger partial charge on any atom is 0.321 e. The molecule has 0 spiro atoms. The van der Waals surface area contributed by atoms with Crippen LogP contribution in [0.5, 0.6) is 11.5 Å². The number of carbonyl (C=O) groups is 1. The highest BCUT2D eigenvalue weighted by Crippen LogP contribution is 2.32. The fourth-order valence-corrected chi connectivity index (χ4v) is 3.30. The number of hydrogen-bond acceptors (Lipinski definition) is 6. The Labute approximate surface area is 127 Å². The lowest BCUT2D eigenvalue weighted by Crippen LogP contribution is -2.41. The quantitative estimate of drug-likeness (QED) is 0.656. The number of fused-ring (bicyclic) bond motifs is 1. The summed E-state index contributed by atoms with van der Waals surface area (Å²) in [6, 6.07) is 2.92. The number of hydrogen-bond donors (Lipinski definition) is 3. The molecule has 1 aliphatic rings. The number of carboxylic acid groups (broad SMARTS) is 1. The van der Waals surface area contributed by atoms with Gasteiger partial charge in [0.1, 0.15) is 19.3 Å². The topological polar surface area (TPSA) is 102 Å².